The Kier molecular flexibility index (Phi) is 6.55. The smallest absolute Gasteiger partial charge is 0.262 e. The van der Waals surface area contributed by atoms with Gasteiger partial charge in [-0.3, -0.25) is 4.79 Å². The van der Waals surface area contributed by atoms with Crippen LogP contribution in [0.1, 0.15) is 6.42 Å². The van der Waals surface area contributed by atoms with Gasteiger partial charge in [0, 0.05) is 17.2 Å². The quantitative estimate of drug-likeness (QED) is 0.611. The van der Waals surface area contributed by atoms with Gasteiger partial charge in [0.05, 0.1) is 17.5 Å². The summed E-state index contributed by atoms with van der Waals surface area (Å²) in [5.41, 5.74) is 0. The zero-order chi connectivity index (χ0) is 16.0. The Bertz CT molecular complexity index is 685. The topological polar surface area (TPSA) is 96.3 Å². The SMILES string of the molecule is N#CCCNC(=O)COc1ccc(S(=O)(=O)Cl)c(Cl)c1Cl. The summed E-state index contributed by atoms with van der Waals surface area (Å²) in [6, 6.07) is 4.24. The van der Waals surface area contributed by atoms with Gasteiger partial charge in [-0.05, 0) is 12.1 Å². The lowest BCUT2D eigenvalue weighted by atomic mass is 10.3. The van der Waals surface area contributed by atoms with Crippen molar-refractivity contribution in [3.05, 3.63) is 22.2 Å². The van der Waals surface area contributed by atoms with Gasteiger partial charge in [0.2, 0.25) is 0 Å². The van der Waals surface area contributed by atoms with Gasteiger partial charge < -0.3 is 10.1 Å². The number of hydrogen-bond donors (Lipinski definition) is 1. The third-order valence-electron chi connectivity index (χ3n) is 2.19. The Hall–Kier alpha value is -1.20. The van der Waals surface area contributed by atoms with Crippen molar-refractivity contribution in [3.63, 3.8) is 0 Å². The van der Waals surface area contributed by atoms with Crippen molar-refractivity contribution in [2.75, 3.05) is 13.2 Å². The van der Waals surface area contributed by atoms with Crippen LogP contribution >= 0.6 is 33.9 Å². The van der Waals surface area contributed by atoms with E-state index in [1.807, 2.05) is 6.07 Å². The molecule has 21 heavy (non-hydrogen) atoms. The third kappa shape index (κ3) is 5.25. The lowest BCUT2D eigenvalue weighted by molar-refractivity contribution is -0.123. The van der Waals surface area contributed by atoms with Gasteiger partial charge in [0.25, 0.3) is 15.0 Å². The van der Waals surface area contributed by atoms with Gasteiger partial charge in [0.1, 0.15) is 15.7 Å². The van der Waals surface area contributed by atoms with Crippen LogP contribution < -0.4 is 10.1 Å². The van der Waals surface area contributed by atoms with Crippen molar-refractivity contribution in [3.8, 4) is 11.8 Å². The number of nitriles is 1. The molecule has 1 N–H and O–H groups in total. The fourth-order valence-corrected chi connectivity index (χ4v) is 3.05. The molecule has 1 aromatic carbocycles. The standard InChI is InChI=1S/C11H9Cl3N2O4S/c12-10-7(20-6-9(17)16-5-1-4-15)2-3-8(11(10)13)21(14,18)19/h2-3H,1,5-6H2,(H,16,17). The van der Waals surface area contributed by atoms with Crippen LogP contribution in [0.2, 0.25) is 10.0 Å². The molecule has 0 aliphatic carbocycles. The molecule has 0 heterocycles. The summed E-state index contributed by atoms with van der Waals surface area (Å²) in [7, 11) is 1.16. The fourth-order valence-electron chi connectivity index (χ4n) is 1.27. The van der Waals surface area contributed by atoms with Crippen LogP contribution in [0.3, 0.4) is 0 Å². The van der Waals surface area contributed by atoms with E-state index in [2.05, 4.69) is 5.32 Å². The van der Waals surface area contributed by atoms with Gasteiger partial charge >= 0.3 is 0 Å². The number of carbonyl (C=O) groups is 1. The molecule has 0 aliphatic rings. The minimum atomic E-state index is -4.03. The number of ether oxygens (including phenoxy) is 1. The van der Waals surface area contributed by atoms with Crippen LogP contribution in [0, 0.1) is 11.3 Å². The van der Waals surface area contributed by atoms with Crippen molar-refractivity contribution in [1.82, 2.24) is 5.32 Å². The molecular weight excluding hydrogens is 363 g/mol. The molecule has 0 saturated heterocycles. The third-order valence-corrected chi connectivity index (χ3v) is 4.53. The number of nitrogens with one attached hydrogen (secondary N) is 1. The Balaban J connectivity index is 2.76. The average molecular weight is 372 g/mol. The molecule has 1 aromatic rings. The van der Waals surface area contributed by atoms with Crippen molar-refractivity contribution in [1.29, 1.82) is 5.26 Å². The highest BCUT2D eigenvalue weighted by atomic mass is 35.7. The van der Waals surface area contributed by atoms with Crippen molar-refractivity contribution in [2.45, 2.75) is 11.3 Å². The van der Waals surface area contributed by atoms with E-state index in [1.54, 1.807) is 0 Å². The lowest BCUT2D eigenvalue weighted by Crippen LogP contribution is -2.29. The molecule has 0 saturated carbocycles. The minimum absolute atomic E-state index is 0.0427. The zero-order valence-corrected chi connectivity index (χ0v) is 13.5. The van der Waals surface area contributed by atoms with Gasteiger partial charge in [0.15, 0.2) is 6.61 Å². The number of halogens is 3. The summed E-state index contributed by atoms with van der Waals surface area (Å²) in [6.07, 6.45) is 0.181. The van der Waals surface area contributed by atoms with Crippen LogP contribution in [0.5, 0.6) is 5.75 Å². The van der Waals surface area contributed by atoms with E-state index >= 15 is 0 Å². The maximum Gasteiger partial charge on any atom is 0.262 e. The first-order chi connectivity index (χ1) is 9.77. The fraction of sp³-hybridized carbons (Fsp3) is 0.273. The molecule has 0 atom stereocenters. The number of amides is 1. The number of carbonyl (C=O) groups excluding carboxylic acids is 1. The van der Waals surface area contributed by atoms with E-state index in [0.717, 1.165) is 6.07 Å². The Morgan fingerprint density at radius 2 is 2.00 bits per heavy atom. The maximum atomic E-state index is 11.4. The van der Waals surface area contributed by atoms with E-state index in [9.17, 15) is 13.2 Å². The second-order valence-corrected chi connectivity index (χ2v) is 6.96. The van der Waals surface area contributed by atoms with Crippen molar-refractivity contribution >= 4 is 48.8 Å². The molecular formula is C11H9Cl3N2O4S. The molecule has 0 radical (unpaired) electrons. The van der Waals surface area contributed by atoms with Gasteiger partial charge in [-0.1, -0.05) is 23.2 Å². The molecule has 0 unspecified atom stereocenters. The molecule has 1 amide bonds. The summed E-state index contributed by atoms with van der Waals surface area (Å²) >= 11 is 11.6. The molecule has 0 aromatic heterocycles. The summed E-state index contributed by atoms with van der Waals surface area (Å²) in [4.78, 5) is 11.0. The first kappa shape index (κ1) is 17.9. The van der Waals surface area contributed by atoms with E-state index in [-0.39, 0.29) is 40.3 Å². The van der Waals surface area contributed by atoms with Gasteiger partial charge in [-0.2, -0.15) is 5.26 Å². The van der Waals surface area contributed by atoms with Crippen LogP contribution in [0.4, 0.5) is 0 Å². The van der Waals surface area contributed by atoms with Gasteiger partial charge in [-0.15, -0.1) is 0 Å². The first-order valence-corrected chi connectivity index (χ1v) is 8.53. The minimum Gasteiger partial charge on any atom is -0.482 e. The van der Waals surface area contributed by atoms with E-state index in [1.165, 1.54) is 6.07 Å². The Morgan fingerprint density at radius 1 is 1.33 bits per heavy atom. The highest BCUT2D eigenvalue weighted by Gasteiger charge is 2.20. The monoisotopic (exact) mass is 370 g/mol. The second-order valence-electron chi connectivity index (χ2n) is 3.67. The van der Waals surface area contributed by atoms with E-state index < -0.39 is 15.0 Å². The second kappa shape index (κ2) is 7.71. The van der Waals surface area contributed by atoms with E-state index in [0.29, 0.717) is 0 Å². The first-order valence-electron chi connectivity index (χ1n) is 5.46. The predicted octanol–water partition coefficient (Wildman–Crippen LogP) is 2.33. The van der Waals surface area contributed by atoms with E-state index in [4.69, 9.17) is 43.9 Å². The Morgan fingerprint density at radius 3 is 2.57 bits per heavy atom. The lowest BCUT2D eigenvalue weighted by Gasteiger charge is -2.10. The van der Waals surface area contributed by atoms with Gasteiger partial charge in [-0.25, -0.2) is 8.42 Å². The molecule has 0 fully saturated rings. The average Bonchev–Trinajstić information content (AvgIpc) is 2.39. The van der Waals surface area contributed by atoms with Crippen LogP contribution in [-0.4, -0.2) is 27.5 Å². The highest BCUT2D eigenvalue weighted by molar-refractivity contribution is 8.13. The maximum absolute atomic E-state index is 11.4. The number of benzene rings is 1. The molecule has 114 valence electrons. The number of nitrogens with zero attached hydrogens (tertiary/aromatic N) is 1. The van der Waals surface area contributed by atoms with Crippen molar-refractivity contribution < 1.29 is 17.9 Å². The zero-order valence-electron chi connectivity index (χ0n) is 10.4. The van der Waals surface area contributed by atoms with Crippen LogP contribution in [0.15, 0.2) is 17.0 Å². The Labute approximate surface area is 136 Å². The summed E-state index contributed by atoms with van der Waals surface area (Å²) in [5, 5.41) is 10.3. The highest BCUT2D eigenvalue weighted by Crippen LogP contribution is 2.37. The molecule has 10 heteroatoms. The molecule has 0 bridgehead atoms. The van der Waals surface area contributed by atoms with Crippen molar-refractivity contribution in [2.24, 2.45) is 0 Å². The molecule has 0 aliphatic heterocycles. The summed E-state index contributed by atoms with van der Waals surface area (Å²) in [5.74, 6) is -0.410. The molecule has 1 rings (SSSR count). The summed E-state index contributed by atoms with van der Waals surface area (Å²) < 4.78 is 27.6. The number of hydrogen-bond acceptors (Lipinski definition) is 5. The normalized spacial score (nSPS) is 10.8. The summed E-state index contributed by atoms with van der Waals surface area (Å²) in [6.45, 7) is -0.148. The largest absolute Gasteiger partial charge is 0.482 e. The molecule has 6 nitrogen and oxygen atoms in total. The molecule has 0 spiro atoms. The predicted molar refractivity (Wildman–Crippen MR) is 78.2 cm³/mol. The van der Waals surface area contributed by atoms with Crippen LogP contribution in [0.25, 0.3) is 0 Å². The van der Waals surface area contributed by atoms with Crippen LogP contribution in [-0.2, 0) is 13.8 Å². The number of rotatable bonds is 6.